The van der Waals surface area contributed by atoms with E-state index in [0.717, 1.165) is 23.9 Å². The second-order valence-electron chi connectivity index (χ2n) is 4.30. The van der Waals surface area contributed by atoms with Gasteiger partial charge in [0.25, 0.3) is 0 Å². The largest absolute Gasteiger partial charge is 0.377 e. The normalized spacial score (nSPS) is 26.5. The van der Waals surface area contributed by atoms with E-state index in [1.807, 2.05) is 12.3 Å². The van der Waals surface area contributed by atoms with Crippen LogP contribution in [-0.4, -0.2) is 44.5 Å². The number of nitrogens with zero attached hydrogens (tertiary/aromatic N) is 2. The summed E-state index contributed by atoms with van der Waals surface area (Å²) in [6, 6.07) is -0.0148. The molecule has 0 spiro atoms. The molecule has 0 bridgehead atoms. The van der Waals surface area contributed by atoms with Crippen molar-refractivity contribution < 1.29 is 9.47 Å². The Kier molecular flexibility index (Phi) is 3.98. The van der Waals surface area contributed by atoms with Gasteiger partial charge in [-0.3, -0.25) is 0 Å². The highest BCUT2D eigenvalue weighted by Crippen LogP contribution is 2.28. The molecular formula is C11H19N3O2S. The van der Waals surface area contributed by atoms with Crippen molar-refractivity contribution in [2.24, 2.45) is 5.73 Å². The first kappa shape index (κ1) is 12.8. The summed E-state index contributed by atoms with van der Waals surface area (Å²) in [5, 5.41) is 3.01. The van der Waals surface area contributed by atoms with Gasteiger partial charge < -0.3 is 20.1 Å². The lowest BCUT2D eigenvalue weighted by molar-refractivity contribution is -0.00461. The van der Waals surface area contributed by atoms with E-state index < -0.39 is 0 Å². The number of rotatable bonds is 4. The van der Waals surface area contributed by atoms with Gasteiger partial charge in [-0.25, -0.2) is 4.98 Å². The molecule has 96 valence electrons. The molecule has 1 saturated heterocycles. The number of hydrogen-bond acceptors (Lipinski definition) is 6. The highest BCUT2D eigenvalue weighted by molar-refractivity contribution is 7.13. The number of aromatic nitrogens is 1. The summed E-state index contributed by atoms with van der Waals surface area (Å²) in [5.74, 6) is 0. The fourth-order valence-electron chi connectivity index (χ4n) is 1.98. The van der Waals surface area contributed by atoms with Crippen molar-refractivity contribution in [3.63, 3.8) is 0 Å². The van der Waals surface area contributed by atoms with Crippen molar-refractivity contribution in [2.75, 3.05) is 32.2 Å². The molecule has 1 fully saturated rings. The van der Waals surface area contributed by atoms with Crippen LogP contribution in [0, 0.1) is 0 Å². The van der Waals surface area contributed by atoms with Gasteiger partial charge in [-0.2, -0.15) is 0 Å². The van der Waals surface area contributed by atoms with Crippen LogP contribution in [0.2, 0.25) is 0 Å². The van der Waals surface area contributed by atoms with Crippen LogP contribution in [0.15, 0.2) is 5.38 Å². The van der Waals surface area contributed by atoms with Gasteiger partial charge in [0, 0.05) is 38.7 Å². The Hall–Kier alpha value is -0.690. The number of methoxy groups -OCH3 is 2. The summed E-state index contributed by atoms with van der Waals surface area (Å²) < 4.78 is 10.8. The van der Waals surface area contributed by atoms with Crippen molar-refractivity contribution in [1.82, 2.24) is 4.98 Å². The molecule has 0 aliphatic carbocycles. The molecule has 1 aromatic heterocycles. The van der Waals surface area contributed by atoms with Gasteiger partial charge in [0.05, 0.1) is 5.69 Å². The fraction of sp³-hybridized carbons (Fsp3) is 0.727. The Bertz CT molecular complexity index is 357. The predicted octanol–water partition coefficient (Wildman–Crippen LogP) is 1.01. The highest BCUT2D eigenvalue weighted by Gasteiger charge is 2.34. The van der Waals surface area contributed by atoms with Crippen LogP contribution in [-0.2, 0) is 9.47 Å². The Balaban J connectivity index is 2.08. The van der Waals surface area contributed by atoms with Gasteiger partial charge in [0.1, 0.15) is 12.2 Å². The number of nitrogens with two attached hydrogens (primary N) is 1. The van der Waals surface area contributed by atoms with Crippen molar-refractivity contribution in [1.29, 1.82) is 0 Å². The summed E-state index contributed by atoms with van der Waals surface area (Å²) in [6.45, 7) is 3.58. The Morgan fingerprint density at radius 2 is 2.00 bits per heavy atom. The maximum Gasteiger partial charge on any atom is 0.185 e. The minimum absolute atomic E-state index is 0.0148. The summed E-state index contributed by atoms with van der Waals surface area (Å²) in [7, 11) is 3.44. The van der Waals surface area contributed by atoms with Crippen LogP contribution >= 0.6 is 11.3 Å². The maximum atomic E-state index is 5.81. The van der Waals surface area contributed by atoms with Crippen LogP contribution in [0.4, 0.5) is 5.13 Å². The van der Waals surface area contributed by atoms with Crippen molar-refractivity contribution in [3.8, 4) is 0 Å². The molecule has 0 saturated carbocycles. The van der Waals surface area contributed by atoms with E-state index in [9.17, 15) is 0 Å². The average Bonchev–Trinajstić information content (AvgIpc) is 2.94. The van der Waals surface area contributed by atoms with E-state index in [1.54, 1.807) is 25.6 Å². The molecule has 0 aromatic carbocycles. The smallest absolute Gasteiger partial charge is 0.185 e. The van der Waals surface area contributed by atoms with Gasteiger partial charge in [0.2, 0.25) is 0 Å². The lowest BCUT2D eigenvalue weighted by Gasteiger charge is -2.13. The summed E-state index contributed by atoms with van der Waals surface area (Å²) in [4.78, 5) is 6.73. The zero-order valence-electron chi connectivity index (χ0n) is 10.4. The summed E-state index contributed by atoms with van der Waals surface area (Å²) in [5.41, 5.74) is 6.75. The monoisotopic (exact) mass is 257 g/mol. The van der Waals surface area contributed by atoms with Crippen molar-refractivity contribution >= 4 is 16.5 Å². The minimum Gasteiger partial charge on any atom is -0.377 e. The Morgan fingerprint density at radius 1 is 1.41 bits per heavy atom. The third-order valence-corrected chi connectivity index (χ3v) is 3.99. The molecule has 3 atom stereocenters. The molecule has 1 aliphatic rings. The third-order valence-electron chi connectivity index (χ3n) is 3.07. The molecule has 0 radical (unpaired) electrons. The van der Waals surface area contributed by atoms with Crippen molar-refractivity contribution in [2.45, 2.75) is 25.2 Å². The fourth-order valence-corrected chi connectivity index (χ4v) is 2.93. The minimum atomic E-state index is -0.0148. The van der Waals surface area contributed by atoms with Gasteiger partial charge in [-0.1, -0.05) is 0 Å². The zero-order chi connectivity index (χ0) is 12.4. The first-order valence-electron chi connectivity index (χ1n) is 5.67. The van der Waals surface area contributed by atoms with Crippen LogP contribution < -0.4 is 10.6 Å². The van der Waals surface area contributed by atoms with E-state index in [-0.39, 0.29) is 18.2 Å². The molecule has 6 heteroatoms. The van der Waals surface area contributed by atoms with E-state index >= 15 is 0 Å². The first-order valence-corrected chi connectivity index (χ1v) is 6.55. The lowest BCUT2D eigenvalue weighted by Crippen LogP contribution is -2.27. The predicted molar refractivity (Wildman–Crippen MR) is 68.5 cm³/mol. The SMILES string of the molecule is COC1CN(c2nc(C(C)N)cs2)CC1OC. The van der Waals surface area contributed by atoms with Crippen molar-refractivity contribution in [3.05, 3.63) is 11.1 Å². The van der Waals surface area contributed by atoms with Crippen LogP contribution in [0.3, 0.4) is 0 Å². The molecular weight excluding hydrogens is 238 g/mol. The zero-order valence-corrected chi connectivity index (χ0v) is 11.2. The maximum absolute atomic E-state index is 5.81. The second-order valence-corrected chi connectivity index (χ2v) is 5.13. The summed E-state index contributed by atoms with van der Waals surface area (Å²) >= 11 is 1.62. The molecule has 2 N–H and O–H groups in total. The van der Waals surface area contributed by atoms with Gasteiger partial charge in [-0.15, -0.1) is 11.3 Å². The van der Waals surface area contributed by atoms with E-state index in [1.165, 1.54) is 0 Å². The van der Waals surface area contributed by atoms with E-state index in [2.05, 4.69) is 9.88 Å². The van der Waals surface area contributed by atoms with Crippen LogP contribution in [0.5, 0.6) is 0 Å². The van der Waals surface area contributed by atoms with Gasteiger partial charge in [0.15, 0.2) is 5.13 Å². The topological polar surface area (TPSA) is 60.6 Å². The standard InChI is InChI=1S/C11H19N3O2S/c1-7(12)8-6-17-11(13-8)14-4-9(15-2)10(5-14)16-3/h6-7,9-10H,4-5,12H2,1-3H3. The van der Waals surface area contributed by atoms with E-state index in [0.29, 0.717) is 0 Å². The molecule has 5 nitrogen and oxygen atoms in total. The van der Waals surface area contributed by atoms with Gasteiger partial charge in [-0.05, 0) is 6.92 Å². The number of thiazole rings is 1. The molecule has 3 unspecified atom stereocenters. The average molecular weight is 257 g/mol. The van der Waals surface area contributed by atoms with Crippen LogP contribution in [0.25, 0.3) is 0 Å². The highest BCUT2D eigenvalue weighted by atomic mass is 32.1. The Labute approximate surface area is 106 Å². The second kappa shape index (κ2) is 5.30. The van der Waals surface area contributed by atoms with Crippen LogP contribution in [0.1, 0.15) is 18.7 Å². The number of hydrogen-bond donors (Lipinski definition) is 1. The number of ether oxygens (including phenoxy) is 2. The first-order chi connectivity index (χ1) is 8.15. The third kappa shape index (κ3) is 2.60. The quantitative estimate of drug-likeness (QED) is 0.872. The molecule has 2 heterocycles. The molecule has 2 rings (SSSR count). The molecule has 1 aliphatic heterocycles. The molecule has 0 amide bonds. The van der Waals surface area contributed by atoms with Gasteiger partial charge >= 0.3 is 0 Å². The van der Waals surface area contributed by atoms with E-state index in [4.69, 9.17) is 15.2 Å². The number of anilines is 1. The summed E-state index contributed by atoms with van der Waals surface area (Å²) in [6.07, 6.45) is 0.227. The molecule has 1 aromatic rings. The Morgan fingerprint density at radius 3 is 2.41 bits per heavy atom. The lowest BCUT2D eigenvalue weighted by atomic mass is 10.3. The molecule has 17 heavy (non-hydrogen) atoms.